The predicted octanol–water partition coefficient (Wildman–Crippen LogP) is 7.93. The quantitative estimate of drug-likeness (QED) is 0.0171. The summed E-state index contributed by atoms with van der Waals surface area (Å²) in [6.45, 7) is 0.256. The minimum atomic E-state index is -4.79. The minimum absolute atomic E-state index is 0.0905. The van der Waals surface area contributed by atoms with E-state index in [1.54, 1.807) is 0 Å². The summed E-state index contributed by atoms with van der Waals surface area (Å²) >= 11 is 0. The second-order valence-electron chi connectivity index (χ2n) is 13.6. The number of unbranched alkanes of at least 4 members (excludes halogenated alkanes) is 13. The Hall–Kier alpha value is -1.74. The van der Waals surface area contributed by atoms with Crippen molar-refractivity contribution in [3.8, 4) is 0 Å². The zero-order valence-corrected chi connectivity index (χ0v) is 35.6. The van der Waals surface area contributed by atoms with Crippen molar-refractivity contribution in [2.24, 2.45) is 0 Å². The lowest BCUT2D eigenvalue weighted by Crippen LogP contribution is -2.25. The van der Waals surface area contributed by atoms with E-state index in [9.17, 15) is 43.8 Å². The van der Waals surface area contributed by atoms with Crippen molar-refractivity contribution in [3.05, 3.63) is 36.5 Å². The van der Waals surface area contributed by atoms with E-state index in [-0.39, 0.29) is 12.8 Å². The highest BCUT2D eigenvalue weighted by atomic mass is 31.2. The summed E-state index contributed by atoms with van der Waals surface area (Å²) in [7, 11) is -9.57. The Morgan fingerprint density at radius 1 is 0.464 bits per heavy atom. The highest BCUT2D eigenvalue weighted by molar-refractivity contribution is 7.47. The van der Waals surface area contributed by atoms with E-state index < -0.39 is 85.5 Å². The molecule has 17 heteroatoms. The minimum Gasteiger partial charge on any atom is -0.463 e. The lowest BCUT2D eigenvalue weighted by atomic mass is 10.1. The summed E-state index contributed by atoms with van der Waals surface area (Å²) in [5.41, 5.74) is 0. The van der Waals surface area contributed by atoms with Gasteiger partial charge in [0.25, 0.3) is 0 Å². The Labute approximate surface area is 335 Å². The summed E-state index contributed by atoms with van der Waals surface area (Å²) in [4.78, 5) is 43.4. The smallest absolute Gasteiger partial charge is 0.463 e. The predicted molar refractivity (Wildman–Crippen MR) is 215 cm³/mol. The lowest BCUT2D eigenvalue weighted by molar-refractivity contribution is -0.148. The Kier molecular flexibility index (Phi) is 35.2. The number of phosphoric ester groups is 2. The van der Waals surface area contributed by atoms with Gasteiger partial charge in [0, 0.05) is 12.8 Å². The molecule has 56 heavy (non-hydrogen) atoms. The SMILES string of the molecule is CCCC/C=C\CCCCCCCC(=O)OCC(O)COP(=O)(O)OCC(O)COP(=O)(O)OCC(O)COC(=O)CC/C=C/C/C=C\CCCCCCCC. The van der Waals surface area contributed by atoms with E-state index in [0.717, 1.165) is 51.4 Å². The van der Waals surface area contributed by atoms with Crippen LogP contribution in [0.5, 0.6) is 0 Å². The highest BCUT2D eigenvalue weighted by Gasteiger charge is 2.28. The van der Waals surface area contributed by atoms with Crippen molar-refractivity contribution in [3.63, 3.8) is 0 Å². The van der Waals surface area contributed by atoms with E-state index in [2.05, 4.69) is 56.2 Å². The molecule has 0 bridgehead atoms. The first-order chi connectivity index (χ1) is 26.8. The molecule has 5 atom stereocenters. The Bertz CT molecular complexity index is 1160. The molecule has 328 valence electrons. The standard InChI is InChI=1S/C39H72O15P2/c1-3-5-7-9-11-13-15-16-18-20-22-24-26-28-39(44)50-30-36(41)32-52-56(47,48)54-34-37(42)33-53-55(45,46)51-31-35(40)29-49-38(43)27-25-23-21-19-17-14-12-10-8-6-4-2/h10,12,16,18,22,24,35-37,40-42H,3-9,11,13-15,17,19-21,23,25-34H2,1-2H3,(H,45,46)(H,47,48)/b12-10-,18-16-,24-22+. The van der Waals surface area contributed by atoms with Crippen molar-refractivity contribution >= 4 is 27.6 Å². The number of aliphatic hydroxyl groups excluding tert-OH is 3. The number of esters is 2. The van der Waals surface area contributed by atoms with Crippen molar-refractivity contribution in [2.75, 3.05) is 39.6 Å². The van der Waals surface area contributed by atoms with Gasteiger partial charge in [-0.15, -0.1) is 0 Å². The summed E-state index contributed by atoms with van der Waals surface area (Å²) in [5.74, 6) is -1.07. The maximum absolute atomic E-state index is 12.1. The molecule has 0 fully saturated rings. The maximum Gasteiger partial charge on any atom is 0.472 e. The highest BCUT2D eigenvalue weighted by Crippen LogP contribution is 2.45. The molecule has 5 unspecified atom stereocenters. The van der Waals surface area contributed by atoms with Crippen LogP contribution in [0.25, 0.3) is 0 Å². The van der Waals surface area contributed by atoms with Gasteiger partial charge in [0.1, 0.15) is 31.5 Å². The second-order valence-corrected chi connectivity index (χ2v) is 16.5. The first kappa shape index (κ1) is 54.3. The molecule has 0 aliphatic rings. The van der Waals surface area contributed by atoms with Gasteiger partial charge in [-0.3, -0.25) is 27.7 Å². The summed E-state index contributed by atoms with van der Waals surface area (Å²) in [6, 6.07) is 0. The van der Waals surface area contributed by atoms with E-state index in [1.807, 2.05) is 12.2 Å². The van der Waals surface area contributed by atoms with Crippen LogP contribution >= 0.6 is 15.6 Å². The van der Waals surface area contributed by atoms with Crippen LogP contribution in [-0.2, 0) is 46.3 Å². The number of hydrogen-bond donors (Lipinski definition) is 5. The molecule has 0 aliphatic heterocycles. The van der Waals surface area contributed by atoms with E-state index >= 15 is 0 Å². The zero-order chi connectivity index (χ0) is 41.8. The lowest BCUT2D eigenvalue weighted by Gasteiger charge is -2.19. The van der Waals surface area contributed by atoms with E-state index in [0.29, 0.717) is 12.8 Å². The molecule has 0 amide bonds. The fourth-order valence-electron chi connectivity index (χ4n) is 4.83. The second kappa shape index (κ2) is 36.3. The van der Waals surface area contributed by atoms with Crippen molar-refractivity contribution < 1.29 is 71.4 Å². The Morgan fingerprint density at radius 2 is 0.821 bits per heavy atom. The molecule has 0 heterocycles. The van der Waals surface area contributed by atoms with Gasteiger partial charge in [-0.25, -0.2) is 9.13 Å². The molecular formula is C39H72O15P2. The third-order valence-corrected chi connectivity index (χ3v) is 9.98. The molecule has 0 saturated carbocycles. The topological polar surface area (TPSA) is 225 Å². The number of phosphoric acid groups is 2. The van der Waals surface area contributed by atoms with Crippen molar-refractivity contribution in [2.45, 2.75) is 161 Å². The van der Waals surface area contributed by atoms with Crippen LogP contribution < -0.4 is 0 Å². The van der Waals surface area contributed by atoms with Crippen LogP contribution in [0.1, 0.15) is 142 Å². The number of rotatable bonds is 39. The molecule has 0 aromatic carbocycles. The van der Waals surface area contributed by atoms with Gasteiger partial charge in [-0.05, 0) is 51.4 Å². The van der Waals surface area contributed by atoms with Crippen LogP contribution in [0.15, 0.2) is 36.5 Å². The monoisotopic (exact) mass is 842 g/mol. The molecule has 0 rings (SSSR count). The Balaban J connectivity index is 4.01. The first-order valence-corrected chi connectivity index (χ1v) is 23.3. The van der Waals surface area contributed by atoms with Crippen LogP contribution in [0.4, 0.5) is 0 Å². The van der Waals surface area contributed by atoms with Crippen LogP contribution in [0.3, 0.4) is 0 Å². The Morgan fingerprint density at radius 3 is 1.30 bits per heavy atom. The van der Waals surface area contributed by atoms with Crippen molar-refractivity contribution in [1.82, 2.24) is 0 Å². The molecule has 0 aliphatic carbocycles. The third kappa shape index (κ3) is 37.8. The summed E-state index contributed by atoms with van der Waals surface area (Å²) in [6.07, 6.45) is 27.4. The largest absolute Gasteiger partial charge is 0.472 e. The average molecular weight is 843 g/mol. The first-order valence-electron chi connectivity index (χ1n) is 20.3. The fourth-order valence-corrected chi connectivity index (χ4v) is 6.42. The number of aliphatic hydroxyl groups is 3. The number of carbonyl (C=O) groups excluding carboxylic acids is 2. The molecular weight excluding hydrogens is 770 g/mol. The zero-order valence-electron chi connectivity index (χ0n) is 33.8. The summed E-state index contributed by atoms with van der Waals surface area (Å²) in [5, 5.41) is 29.8. The molecule has 0 aromatic heterocycles. The molecule has 15 nitrogen and oxygen atoms in total. The van der Waals surface area contributed by atoms with E-state index in [1.165, 1.54) is 51.4 Å². The summed E-state index contributed by atoms with van der Waals surface area (Å²) < 4.78 is 52.6. The number of carbonyl (C=O) groups is 2. The normalized spacial score (nSPS) is 15.9. The third-order valence-electron chi connectivity index (χ3n) is 8.08. The van der Waals surface area contributed by atoms with Gasteiger partial charge in [0.05, 0.1) is 26.4 Å². The van der Waals surface area contributed by atoms with E-state index in [4.69, 9.17) is 9.47 Å². The number of allylic oxidation sites excluding steroid dienone is 6. The molecule has 0 spiro atoms. The van der Waals surface area contributed by atoms with Gasteiger partial charge in [0.2, 0.25) is 0 Å². The van der Waals surface area contributed by atoms with Gasteiger partial charge < -0.3 is 34.6 Å². The molecule has 5 N–H and O–H groups in total. The fraction of sp³-hybridized carbons (Fsp3) is 0.795. The average Bonchev–Trinajstić information content (AvgIpc) is 3.17. The van der Waals surface area contributed by atoms with Gasteiger partial charge >= 0.3 is 27.6 Å². The van der Waals surface area contributed by atoms with Gasteiger partial charge in [-0.1, -0.05) is 115 Å². The van der Waals surface area contributed by atoms with Crippen LogP contribution in [0, 0.1) is 0 Å². The van der Waals surface area contributed by atoms with Crippen LogP contribution in [-0.4, -0.2) is 95.0 Å². The van der Waals surface area contributed by atoms with Crippen LogP contribution in [0.2, 0.25) is 0 Å². The van der Waals surface area contributed by atoms with Crippen molar-refractivity contribution in [1.29, 1.82) is 0 Å². The molecule has 0 radical (unpaired) electrons. The number of ether oxygens (including phenoxy) is 2. The molecule has 0 aromatic rings. The number of hydrogen-bond acceptors (Lipinski definition) is 13. The molecule has 0 saturated heterocycles. The maximum atomic E-state index is 12.1. The van der Waals surface area contributed by atoms with Gasteiger partial charge in [-0.2, -0.15) is 0 Å². The van der Waals surface area contributed by atoms with Gasteiger partial charge in [0.15, 0.2) is 0 Å².